The minimum Gasteiger partial charge on any atom is -0.379 e. The predicted octanol–water partition coefficient (Wildman–Crippen LogP) is 2.26. The smallest absolute Gasteiger partial charge is 0.379 e. The van der Waals surface area contributed by atoms with E-state index >= 15 is 0 Å². The second-order valence-corrected chi connectivity index (χ2v) is 12.3. The van der Waals surface area contributed by atoms with Crippen molar-refractivity contribution in [2.75, 3.05) is 60.3 Å². The van der Waals surface area contributed by atoms with Gasteiger partial charge in [-0.25, -0.2) is 0 Å². The van der Waals surface area contributed by atoms with Gasteiger partial charge in [-0.1, -0.05) is 0 Å². The van der Waals surface area contributed by atoms with Gasteiger partial charge in [-0.15, -0.1) is 0 Å². The van der Waals surface area contributed by atoms with Crippen LogP contribution in [0, 0.1) is 11.3 Å². The van der Waals surface area contributed by atoms with Crippen molar-refractivity contribution in [2.24, 2.45) is 11.3 Å². The third-order valence-corrected chi connectivity index (χ3v) is 10.1. The molecular weight excluding hydrogens is 541 g/mol. The van der Waals surface area contributed by atoms with Gasteiger partial charge >= 0.3 is 6.18 Å². The van der Waals surface area contributed by atoms with Crippen molar-refractivity contribution in [1.29, 1.82) is 0 Å². The van der Waals surface area contributed by atoms with Gasteiger partial charge in [0.25, 0.3) is 0 Å². The van der Waals surface area contributed by atoms with Crippen LogP contribution in [0.25, 0.3) is 0 Å². The van der Waals surface area contributed by atoms with E-state index in [-0.39, 0.29) is 48.7 Å². The van der Waals surface area contributed by atoms with Gasteiger partial charge in [0.1, 0.15) is 0 Å². The molecule has 41 heavy (non-hydrogen) atoms. The van der Waals surface area contributed by atoms with Crippen LogP contribution >= 0.6 is 0 Å². The van der Waals surface area contributed by atoms with Crippen molar-refractivity contribution in [1.82, 2.24) is 20.1 Å². The Hall–Kier alpha value is -1.83. The number of carbonyl (C=O) groups is 1. The molecule has 5 heterocycles. The second-order valence-electron chi connectivity index (χ2n) is 12.3. The maximum atomic E-state index is 14.6. The Morgan fingerprint density at radius 2 is 1.90 bits per heavy atom. The first-order valence-corrected chi connectivity index (χ1v) is 14.8. The highest BCUT2D eigenvalue weighted by atomic mass is 19.4. The highest BCUT2D eigenvalue weighted by Gasteiger charge is 2.60. The fourth-order valence-electron chi connectivity index (χ4n) is 7.97. The van der Waals surface area contributed by atoms with Crippen LogP contribution in [0.4, 0.5) is 13.2 Å². The van der Waals surface area contributed by atoms with Crippen LogP contribution < -0.4 is 5.32 Å². The molecule has 0 unspecified atom stereocenters. The standard InChI is InChI=1S/C29H41F3N4O5/c1-38-25-15-40-7-4-23(25)34-21-10-20-14-36(24-5-8-41-16-26(24)39-2)17-28(20,11-21)27(37)35-6-3-22-18(13-35)9-19(12-33-22)29(30,31)32/h9,12,20-21,23-26,34H,3-8,10-11,13-17H2,1-2H3/t20-,21+,23-,24-,25+,26+,28-/m0/s1. The number of nitrogens with zero attached hydrogens (tertiary/aromatic N) is 3. The number of alkyl halides is 3. The van der Waals surface area contributed by atoms with Crippen molar-refractivity contribution in [3.05, 3.63) is 29.1 Å². The van der Waals surface area contributed by atoms with Gasteiger partial charge < -0.3 is 29.2 Å². The Balaban J connectivity index is 1.24. The van der Waals surface area contributed by atoms with Crippen LogP contribution in [0.1, 0.15) is 42.5 Å². The molecule has 0 spiro atoms. The van der Waals surface area contributed by atoms with Gasteiger partial charge in [0.2, 0.25) is 5.91 Å². The third kappa shape index (κ3) is 5.63. The summed E-state index contributed by atoms with van der Waals surface area (Å²) in [7, 11) is 3.41. The molecule has 7 atom stereocenters. The molecule has 6 rings (SSSR count). The van der Waals surface area contributed by atoms with Crippen molar-refractivity contribution in [2.45, 2.75) is 75.2 Å². The quantitative estimate of drug-likeness (QED) is 0.547. The van der Waals surface area contributed by atoms with E-state index in [0.29, 0.717) is 63.6 Å². The summed E-state index contributed by atoms with van der Waals surface area (Å²) in [5.74, 6) is 0.184. The highest BCUT2D eigenvalue weighted by molar-refractivity contribution is 5.84. The van der Waals surface area contributed by atoms with E-state index < -0.39 is 17.2 Å². The molecule has 5 aliphatic rings. The largest absolute Gasteiger partial charge is 0.417 e. The summed E-state index contributed by atoms with van der Waals surface area (Å²) in [6, 6.07) is 1.64. The van der Waals surface area contributed by atoms with Gasteiger partial charge in [-0.2, -0.15) is 13.2 Å². The zero-order valence-electron chi connectivity index (χ0n) is 23.8. The summed E-state index contributed by atoms with van der Waals surface area (Å²) in [5, 5.41) is 3.81. The number of ether oxygens (including phenoxy) is 4. The Kier molecular flexibility index (Phi) is 8.34. The number of carbonyl (C=O) groups excluding carboxylic acids is 1. The van der Waals surface area contributed by atoms with Gasteiger partial charge in [-0.3, -0.25) is 14.7 Å². The molecule has 9 nitrogen and oxygen atoms in total. The first-order valence-electron chi connectivity index (χ1n) is 14.8. The van der Waals surface area contributed by atoms with E-state index in [1.807, 2.05) is 0 Å². The van der Waals surface area contributed by atoms with Crippen LogP contribution in [0.5, 0.6) is 0 Å². The lowest BCUT2D eigenvalue weighted by molar-refractivity contribution is -0.144. The second kappa shape index (κ2) is 11.7. The Bertz CT molecular complexity index is 1110. The van der Waals surface area contributed by atoms with Crippen molar-refractivity contribution < 1.29 is 36.9 Å². The molecule has 0 bridgehead atoms. The molecule has 0 radical (unpaired) electrons. The lowest BCUT2D eigenvalue weighted by atomic mass is 9.78. The van der Waals surface area contributed by atoms with E-state index in [1.165, 1.54) is 0 Å². The average Bonchev–Trinajstić information content (AvgIpc) is 3.50. The van der Waals surface area contributed by atoms with Crippen molar-refractivity contribution in [3.63, 3.8) is 0 Å². The number of pyridine rings is 1. The molecule has 4 fully saturated rings. The van der Waals surface area contributed by atoms with Crippen LogP contribution in [-0.4, -0.2) is 111 Å². The van der Waals surface area contributed by atoms with Crippen LogP contribution in [0.3, 0.4) is 0 Å². The number of hydrogen-bond acceptors (Lipinski definition) is 8. The first-order chi connectivity index (χ1) is 19.7. The Morgan fingerprint density at radius 1 is 1.15 bits per heavy atom. The van der Waals surface area contributed by atoms with E-state index in [0.717, 1.165) is 38.1 Å². The van der Waals surface area contributed by atoms with Gasteiger partial charge in [0, 0.05) is 90.0 Å². The molecule has 1 amide bonds. The van der Waals surface area contributed by atoms with E-state index in [2.05, 4.69) is 15.2 Å². The van der Waals surface area contributed by atoms with Crippen LogP contribution in [-0.2, 0) is 42.9 Å². The zero-order chi connectivity index (χ0) is 28.8. The Labute approximate surface area is 239 Å². The molecule has 0 aromatic carbocycles. The number of amides is 1. The first kappa shape index (κ1) is 29.3. The predicted molar refractivity (Wildman–Crippen MR) is 142 cm³/mol. The summed E-state index contributed by atoms with van der Waals surface area (Å²) < 4.78 is 63.0. The normalized spacial score (nSPS) is 36.3. The molecule has 1 saturated carbocycles. The lowest BCUT2D eigenvalue weighted by Crippen LogP contribution is -2.54. The maximum Gasteiger partial charge on any atom is 0.417 e. The summed E-state index contributed by atoms with van der Waals surface area (Å²) >= 11 is 0. The molecule has 1 N–H and O–H groups in total. The summed E-state index contributed by atoms with van der Waals surface area (Å²) in [4.78, 5) is 22.9. The minimum atomic E-state index is -4.47. The fraction of sp³-hybridized carbons (Fsp3) is 0.793. The van der Waals surface area contributed by atoms with E-state index in [1.54, 1.807) is 19.1 Å². The molecule has 1 aromatic heterocycles. The molecule has 4 aliphatic heterocycles. The highest BCUT2D eigenvalue weighted by Crippen LogP contribution is 2.51. The lowest BCUT2D eigenvalue weighted by Gasteiger charge is -2.40. The van der Waals surface area contributed by atoms with Crippen molar-refractivity contribution in [3.8, 4) is 0 Å². The summed E-state index contributed by atoms with van der Waals surface area (Å²) in [6.07, 6.45) is 0.0334. The van der Waals surface area contributed by atoms with E-state index in [9.17, 15) is 18.0 Å². The van der Waals surface area contributed by atoms with Crippen molar-refractivity contribution >= 4 is 5.91 Å². The fourth-order valence-corrected chi connectivity index (χ4v) is 7.97. The maximum absolute atomic E-state index is 14.6. The monoisotopic (exact) mass is 582 g/mol. The van der Waals surface area contributed by atoms with Gasteiger partial charge in [-0.05, 0) is 43.2 Å². The van der Waals surface area contributed by atoms with Crippen LogP contribution in [0.2, 0.25) is 0 Å². The summed E-state index contributed by atoms with van der Waals surface area (Å²) in [6.45, 7) is 4.44. The molecule has 1 aliphatic carbocycles. The number of aromatic nitrogens is 1. The summed E-state index contributed by atoms with van der Waals surface area (Å²) in [5.41, 5.74) is -0.253. The average molecular weight is 583 g/mol. The number of fused-ring (bicyclic) bond motifs is 2. The SMILES string of the molecule is CO[C@@H]1COCC[C@@H]1N[C@@H]1C[C@H]2CN([C@H]3CCOC[C@H]3OC)C[C@@]2(C(=O)N2CCc3ncc(C(F)(F)F)cc3C2)C1. The van der Waals surface area contributed by atoms with Crippen LogP contribution in [0.15, 0.2) is 12.3 Å². The number of likely N-dealkylation sites (tertiary alicyclic amines) is 1. The molecular formula is C29H41F3N4O5. The molecule has 228 valence electrons. The molecule has 1 aromatic rings. The molecule has 3 saturated heterocycles. The number of nitrogens with one attached hydrogen (secondary N) is 1. The van der Waals surface area contributed by atoms with Gasteiger partial charge in [0.15, 0.2) is 0 Å². The molecule has 12 heteroatoms. The third-order valence-electron chi connectivity index (χ3n) is 10.1. The number of rotatable bonds is 6. The Morgan fingerprint density at radius 3 is 2.66 bits per heavy atom. The zero-order valence-corrected chi connectivity index (χ0v) is 23.8. The topological polar surface area (TPSA) is 85.4 Å². The number of halogens is 3. The van der Waals surface area contributed by atoms with Gasteiger partial charge in [0.05, 0.1) is 36.4 Å². The minimum absolute atomic E-state index is 0.0361. The van der Waals surface area contributed by atoms with E-state index in [4.69, 9.17) is 18.9 Å². The number of hydrogen-bond donors (Lipinski definition) is 1. The number of methoxy groups -OCH3 is 2.